The summed E-state index contributed by atoms with van der Waals surface area (Å²) in [7, 11) is 0. The molecule has 0 radical (unpaired) electrons. The Balaban J connectivity index is 1.54. The molecule has 0 aromatic heterocycles. The van der Waals surface area contributed by atoms with E-state index in [4.69, 9.17) is 4.74 Å². The molecule has 0 amide bonds. The molecule has 1 nitrogen and oxygen atoms in total. The molecular formula is C29H36F4O. The number of unbranched alkanes of at least 4 members (excludes halogenated alkanes) is 3. The van der Waals surface area contributed by atoms with Gasteiger partial charge >= 0.3 is 0 Å². The van der Waals surface area contributed by atoms with Crippen molar-refractivity contribution in [3.8, 4) is 16.9 Å². The Morgan fingerprint density at radius 2 is 1.38 bits per heavy atom. The maximum atomic E-state index is 15.3. The number of benzene rings is 2. The van der Waals surface area contributed by atoms with Gasteiger partial charge in [-0.3, -0.25) is 0 Å². The van der Waals surface area contributed by atoms with Gasteiger partial charge in [-0.2, -0.15) is 4.39 Å². The predicted octanol–water partition coefficient (Wildman–Crippen LogP) is 9.19. The Kier molecular flexibility index (Phi) is 8.21. The fourth-order valence-corrected chi connectivity index (χ4v) is 6.36. The number of fused-ring (bicyclic) bond motifs is 1. The predicted molar refractivity (Wildman–Crippen MR) is 128 cm³/mol. The quantitative estimate of drug-likeness (QED) is 0.245. The number of rotatable bonds is 10. The molecule has 0 heterocycles. The maximum Gasteiger partial charge on any atom is 0.201 e. The van der Waals surface area contributed by atoms with Gasteiger partial charge in [0.15, 0.2) is 23.2 Å². The highest BCUT2D eigenvalue weighted by Gasteiger charge is 2.45. The van der Waals surface area contributed by atoms with Crippen molar-refractivity contribution in [1.29, 1.82) is 0 Å². The average molecular weight is 477 g/mol. The Bertz CT molecular complexity index is 989. The topological polar surface area (TPSA) is 9.23 Å². The molecule has 0 saturated heterocycles. The number of hydrogen-bond acceptors (Lipinski definition) is 1. The van der Waals surface area contributed by atoms with Gasteiger partial charge in [-0.1, -0.05) is 58.1 Å². The lowest BCUT2D eigenvalue weighted by molar-refractivity contribution is 0.289. The minimum atomic E-state index is -1.22. The van der Waals surface area contributed by atoms with Crippen LogP contribution in [0.15, 0.2) is 24.3 Å². The highest BCUT2D eigenvalue weighted by molar-refractivity contribution is 5.67. The second-order valence-corrected chi connectivity index (χ2v) is 10.1. The van der Waals surface area contributed by atoms with Crippen molar-refractivity contribution in [2.45, 2.75) is 84.0 Å². The van der Waals surface area contributed by atoms with Crippen LogP contribution in [0.1, 0.15) is 89.5 Å². The van der Waals surface area contributed by atoms with E-state index in [1.54, 1.807) is 6.07 Å². The Labute approximate surface area is 200 Å². The fourth-order valence-electron chi connectivity index (χ4n) is 6.36. The zero-order valence-corrected chi connectivity index (χ0v) is 20.3. The highest BCUT2D eigenvalue weighted by atomic mass is 19.2. The van der Waals surface area contributed by atoms with Gasteiger partial charge in [-0.15, -0.1) is 0 Å². The van der Waals surface area contributed by atoms with Gasteiger partial charge in [0.05, 0.1) is 6.61 Å². The van der Waals surface area contributed by atoms with Crippen molar-refractivity contribution >= 4 is 0 Å². The third-order valence-corrected chi connectivity index (χ3v) is 8.14. The molecule has 5 heteroatoms. The van der Waals surface area contributed by atoms with Crippen LogP contribution >= 0.6 is 0 Å². The lowest BCUT2D eigenvalue weighted by atomic mass is 9.83. The standard InChI is InChI=1S/C29H36F4O/c1-3-5-7-8-18-9-10-20-19(18)11-12-21(20)22-13-14-23(27(31)26(22)30)24-15-16-25(29(33)28(24)32)34-17-6-4-2/h13-16,18-21H,3-12,17H2,1-2H3. The molecule has 0 N–H and O–H groups in total. The summed E-state index contributed by atoms with van der Waals surface area (Å²) in [5.41, 5.74) is -0.149. The number of halogens is 4. The molecule has 2 aromatic carbocycles. The number of hydrogen-bond donors (Lipinski definition) is 0. The van der Waals surface area contributed by atoms with Crippen LogP contribution < -0.4 is 4.74 Å². The van der Waals surface area contributed by atoms with Gasteiger partial charge in [0.2, 0.25) is 5.82 Å². The van der Waals surface area contributed by atoms with E-state index in [1.807, 2.05) is 6.92 Å². The smallest absolute Gasteiger partial charge is 0.201 e. The van der Waals surface area contributed by atoms with Crippen LogP contribution in [0.4, 0.5) is 17.6 Å². The van der Waals surface area contributed by atoms with E-state index in [9.17, 15) is 8.78 Å². The van der Waals surface area contributed by atoms with Gasteiger partial charge in [0.1, 0.15) is 0 Å². The summed E-state index contributed by atoms with van der Waals surface area (Å²) < 4.78 is 65.1. The minimum Gasteiger partial charge on any atom is -0.490 e. The van der Waals surface area contributed by atoms with E-state index >= 15 is 8.78 Å². The first-order valence-electron chi connectivity index (χ1n) is 13.1. The van der Waals surface area contributed by atoms with Crippen molar-refractivity contribution in [2.24, 2.45) is 17.8 Å². The van der Waals surface area contributed by atoms with E-state index < -0.39 is 23.3 Å². The van der Waals surface area contributed by atoms with Crippen LogP contribution in [-0.2, 0) is 0 Å². The third kappa shape index (κ3) is 4.85. The zero-order valence-electron chi connectivity index (χ0n) is 20.3. The third-order valence-electron chi connectivity index (χ3n) is 8.14. The monoisotopic (exact) mass is 476 g/mol. The summed E-state index contributed by atoms with van der Waals surface area (Å²) in [6, 6.07) is 5.55. The van der Waals surface area contributed by atoms with Crippen LogP contribution in [0.25, 0.3) is 11.1 Å². The van der Waals surface area contributed by atoms with Gasteiger partial charge < -0.3 is 4.74 Å². The highest BCUT2D eigenvalue weighted by Crippen LogP contribution is 2.56. The Morgan fingerprint density at radius 1 is 0.706 bits per heavy atom. The van der Waals surface area contributed by atoms with Crippen molar-refractivity contribution in [3.63, 3.8) is 0 Å². The SMILES string of the molecule is CCCCCC1CCC2C(c3ccc(-c4ccc(OCCCC)c(F)c4F)c(F)c3F)CCC12. The first kappa shape index (κ1) is 25.1. The van der Waals surface area contributed by atoms with Gasteiger partial charge in [0.25, 0.3) is 0 Å². The lowest BCUT2D eigenvalue weighted by Gasteiger charge is -2.22. The van der Waals surface area contributed by atoms with Crippen molar-refractivity contribution in [3.05, 3.63) is 53.1 Å². The van der Waals surface area contributed by atoms with Crippen molar-refractivity contribution in [2.75, 3.05) is 6.61 Å². The zero-order chi connectivity index (χ0) is 24.2. The first-order chi connectivity index (χ1) is 16.5. The normalized spacial score (nSPS) is 23.9. The minimum absolute atomic E-state index is 0.000602. The van der Waals surface area contributed by atoms with E-state index in [1.165, 1.54) is 50.3 Å². The second-order valence-electron chi connectivity index (χ2n) is 10.1. The molecule has 0 spiro atoms. The number of ether oxygens (including phenoxy) is 1. The molecule has 4 atom stereocenters. The maximum absolute atomic E-state index is 15.3. The van der Waals surface area contributed by atoms with Crippen LogP contribution in [0.5, 0.6) is 5.75 Å². The molecular weight excluding hydrogens is 440 g/mol. The van der Waals surface area contributed by atoms with Crippen LogP contribution in [0.2, 0.25) is 0 Å². The van der Waals surface area contributed by atoms with Crippen molar-refractivity contribution in [1.82, 2.24) is 0 Å². The van der Waals surface area contributed by atoms with E-state index in [2.05, 4.69) is 6.92 Å². The van der Waals surface area contributed by atoms with Crippen molar-refractivity contribution < 1.29 is 22.3 Å². The van der Waals surface area contributed by atoms with Crippen LogP contribution in [-0.4, -0.2) is 6.61 Å². The fraction of sp³-hybridized carbons (Fsp3) is 0.586. The molecule has 2 aromatic rings. The molecule has 2 aliphatic carbocycles. The lowest BCUT2D eigenvalue weighted by Crippen LogP contribution is -2.14. The summed E-state index contributed by atoms with van der Waals surface area (Å²) in [4.78, 5) is 0. The Morgan fingerprint density at radius 3 is 2.12 bits per heavy atom. The summed E-state index contributed by atoms with van der Waals surface area (Å²) in [5.74, 6) is -2.93. The second kappa shape index (κ2) is 11.1. The molecule has 4 rings (SSSR count). The molecule has 34 heavy (non-hydrogen) atoms. The van der Waals surface area contributed by atoms with E-state index in [0.29, 0.717) is 29.7 Å². The summed E-state index contributed by atoms with van der Waals surface area (Å²) in [5, 5.41) is 0. The van der Waals surface area contributed by atoms with Crippen LogP contribution in [0.3, 0.4) is 0 Å². The molecule has 2 fully saturated rings. The van der Waals surface area contributed by atoms with Gasteiger partial charge in [-0.25, -0.2) is 13.2 Å². The summed E-state index contributed by atoms with van der Waals surface area (Å²) in [6.07, 6.45) is 10.7. The summed E-state index contributed by atoms with van der Waals surface area (Å²) >= 11 is 0. The van der Waals surface area contributed by atoms with Crippen LogP contribution in [0, 0.1) is 41.0 Å². The van der Waals surface area contributed by atoms with E-state index in [-0.39, 0.29) is 29.4 Å². The summed E-state index contributed by atoms with van der Waals surface area (Å²) in [6.45, 7) is 4.45. The van der Waals surface area contributed by atoms with Gasteiger partial charge in [-0.05, 0) is 73.5 Å². The molecule has 2 aliphatic rings. The largest absolute Gasteiger partial charge is 0.490 e. The molecule has 2 saturated carbocycles. The molecule has 4 unspecified atom stereocenters. The molecule has 186 valence electrons. The van der Waals surface area contributed by atoms with Gasteiger partial charge in [0, 0.05) is 11.1 Å². The molecule has 0 bridgehead atoms. The first-order valence-corrected chi connectivity index (χ1v) is 13.1. The average Bonchev–Trinajstić information content (AvgIpc) is 3.42. The molecule has 0 aliphatic heterocycles. The van der Waals surface area contributed by atoms with E-state index in [0.717, 1.165) is 25.7 Å². The Hall–Kier alpha value is -2.04.